The van der Waals surface area contributed by atoms with E-state index in [1.165, 1.54) is 25.2 Å². The molecule has 2 nitrogen and oxygen atoms in total. The fourth-order valence-corrected chi connectivity index (χ4v) is 5.00. The lowest BCUT2D eigenvalue weighted by Gasteiger charge is -2.19. The van der Waals surface area contributed by atoms with Crippen LogP contribution in [0.25, 0.3) is 0 Å². The Labute approximate surface area is 105 Å². The standard InChI is InChI=1S/C12H22O2SSi/c1-5-16(6-2,7-3)11-10-15-9-8-12(13)14-4/h5-9H2,1-4H3. The lowest BCUT2D eigenvalue weighted by molar-refractivity contribution is -0.140. The highest BCUT2D eigenvalue weighted by Gasteiger charge is 2.24. The minimum absolute atomic E-state index is 0.153. The van der Waals surface area contributed by atoms with Crippen molar-refractivity contribution in [2.24, 2.45) is 0 Å². The molecule has 0 amide bonds. The van der Waals surface area contributed by atoms with Crippen LogP contribution in [0.2, 0.25) is 18.1 Å². The normalized spacial score (nSPS) is 10.5. The van der Waals surface area contributed by atoms with Gasteiger partial charge in [-0.05, 0) is 23.4 Å². The molecular weight excluding hydrogens is 236 g/mol. The minimum atomic E-state index is -1.30. The predicted octanol–water partition coefficient (Wildman–Crippen LogP) is 3.29. The SMILES string of the molecule is CC[Si](C#CSCCC(=O)OC)(CC)CC. The summed E-state index contributed by atoms with van der Waals surface area (Å²) in [6.07, 6.45) is 0.453. The molecule has 0 heterocycles. The van der Waals surface area contributed by atoms with Gasteiger partial charge in [0.15, 0.2) is 0 Å². The minimum Gasteiger partial charge on any atom is -0.469 e. The first-order chi connectivity index (χ1) is 7.64. The first-order valence-corrected chi connectivity index (χ1v) is 9.45. The Kier molecular flexibility index (Phi) is 8.50. The molecule has 0 radical (unpaired) electrons. The van der Waals surface area contributed by atoms with Gasteiger partial charge in [0.05, 0.1) is 13.5 Å². The van der Waals surface area contributed by atoms with Gasteiger partial charge >= 0.3 is 5.97 Å². The number of methoxy groups -OCH3 is 1. The molecule has 0 unspecified atom stereocenters. The summed E-state index contributed by atoms with van der Waals surface area (Å²) in [6, 6.07) is 3.68. The van der Waals surface area contributed by atoms with Gasteiger partial charge in [-0.3, -0.25) is 4.79 Å². The van der Waals surface area contributed by atoms with Crippen LogP contribution in [0.1, 0.15) is 27.2 Å². The predicted molar refractivity (Wildman–Crippen MR) is 74.1 cm³/mol. The average Bonchev–Trinajstić information content (AvgIpc) is 2.34. The Morgan fingerprint density at radius 3 is 2.25 bits per heavy atom. The van der Waals surface area contributed by atoms with Crippen molar-refractivity contribution in [2.75, 3.05) is 12.9 Å². The number of thioether (sulfide) groups is 1. The van der Waals surface area contributed by atoms with E-state index in [1.807, 2.05) is 0 Å². The molecular formula is C12H22O2SSi. The molecule has 0 saturated heterocycles. The molecule has 0 spiro atoms. The van der Waals surface area contributed by atoms with E-state index in [4.69, 9.17) is 0 Å². The maximum absolute atomic E-state index is 10.9. The molecule has 0 atom stereocenters. The molecule has 0 aromatic carbocycles. The Balaban J connectivity index is 4.03. The molecule has 0 saturated carbocycles. The van der Waals surface area contributed by atoms with Crippen molar-refractivity contribution < 1.29 is 9.53 Å². The smallest absolute Gasteiger partial charge is 0.306 e. The zero-order valence-electron chi connectivity index (χ0n) is 10.8. The third kappa shape index (κ3) is 5.62. The third-order valence-electron chi connectivity index (χ3n) is 3.05. The van der Waals surface area contributed by atoms with Crippen LogP contribution in [-0.2, 0) is 9.53 Å². The molecule has 0 aliphatic heterocycles. The van der Waals surface area contributed by atoms with Gasteiger partial charge in [-0.1, -0.05) is 32.5 Å². The van der Waals surface area contributed by atoms with Gasteiger partial charge in [0.1, 0.15) is 8.07 Å². The van der Waals surface area contributed by atoms with Gasteiger partial charge in [0.25, 0.3) is 0 Å². The van der Waals surface area contributed by atoms with Crippen molar-refractivity contribution in [2.45, 2.75) is 45.3 Å². The average molecular weight is 258 g/mol. The summed E-state index contributed by atoms with van der Waals surface area (Å²) >= 11 is 1.54. The van der Waals surface area contributed by atoms with E-state index in [2.05, 4.69) is 36.3 Å². The first kappa shape index (κ1) is 15.6. The molecule has 0 fully saturated rings. The fraction of sp³-hybridized carbons (Fsp3) is 0.750. The third-order valence-corrected chi connectivity index (χ3v) is 8.61. The topological polar surface area (TPSA) is 26.3 Å². The summed E-state index contributed by atoms with van der Waals surface area (Å²) in [7, 11) is 0.118. The van der Waals surface area contributed by atoms with Crippen molar-refractivity contribution in [3.05, 3.63) is 0 Å². The molecule has 4 heteroatoms. The van der Waals surface area contributed by atoms with E-state index >= 15 is 0 Å². The quantitative estimate of drug-likeness (QED) is 0.316. The highest BCUT2D eigenvalue weighted by molar-refractivity contribution is 8.03. The second kappa shape index (κ2) is 8.71. The Hall–Kier alpha value is -0.403. The van der Waals surface area contributed by atoms with Gasteiger partial charge in [-0.25, -0.2) is 0 Å². The number of carbonyl (C=O) groups excluding carboxylic acids is 1. The van der Waals surface area contributed by atoms with Crippen molar-refractivity contribution in [1.29, 1.82) is 0 Å². The maximum atomic E-state index is 10.9. The Morgan fingerprint density at radius 1 is 1.25 bits per heavy atom. The Bertz CT molecular complexity index is 256. The summed E-state index contributed by atoms with van der Waals surface area (Å²) in [5, 5.41) is 3.18. The van der Waals surface area contributed by atoms with E-state index in [1.54, 1.807) is 11.8 Å². The highest BCUT2D eigenvalue weighted by atomic mass is 32.2. The van der Waals surface area contributed by atoms with Crippen molar-refractivity contribution in [3.63, 3.8) is 0 Å². The van der Waals surface area contributed by atoms with Crippen LogP contribution in [0.15, 0.2) is 0 Å². The lowest BCUT2D eigenvalue weighted by atomic mass is 10.5. The highest BCUT2D eigenvalue weighted by Crippen LogP contribution is 2.19. The van der Waals surface area contributed by atoms with Crippen LogP contribution in [0, 0.1) is 10.8 Å². The summed E-state index contributed by atoms with van der Waals surface area (Å²) < 4.78 is 4.57. The van der Waals surface area contributed by atoms with Gasteiger partial charge < -0.3 is 4.74 Å². The van der Waals surface area contributed by atoms with E-state index in [-0.39, 0.29) is 5.97 Å². The number of ether oxygens (including phenoxy) is 1. The van der Waals surface area contributed by atoms with E-state index in [0.29, 0.717) is 6.42 Å². The molecule has 92 valence electrons. The van der Waals surface area contributed by atoms with Gasteiger partial charge in [-0.15, -0.1) is 5.54 Å². The fourth-order valence-electron chi connectivity index (χ4n) is 1.45. The molecule has 0 aromatic heterocycles. The van der Waals surface area contributed by atoms with Crippen molar-refractivity contribution in [1.82, 2.24) is 0 Å². The summed E-state index contributed by atoms with van der Waals surface area (Å²) in [5.74, 6) is 0.584. The number of rotatable bonds is 6. The second-order valence-electron chi connectivity index (χ2n) is 3.74. The number of hydrogen-bond donors (Lipinski definition) is 0. The molecule has 0 bridgehead atoms. The monoisotopic (exact) mass is 258 g/mol. The first-order valence-electron chi connectivity index (χ1n) is 5.84. The van der Waals surface area contributed by atoms with Crippen molar-refractivity contribution >= 4 is 25.8 Å². The molecule has 0 aliphatic carbocycles. The van der Waals surface area contributed by atoms with Crippen LogP contribution < -0.4 is 0 Å². The lowest BCUT2D eigenvalue weighted by Crippen LogP contribution is -2.29. The van der Waals surface area contributed by atoms with Crippen LogP contribution in [-0.4, -0.2) is 26.9 Å². The van der Waals surface area contributed by atoms with E-state index in [9.17, 15) is 4.79 Å². The molecule has 16 heavy (non-hydrogen) atoms. The number of hydrogen-bond acceptors (Lipinski definition) is 3. The van der Waals surface area contributed by atoms with Crippen molar-refractivity contribution in [3.8, 4) is 10.8 Å². The van der Waals surface area contributed by atoms with Gasteiger partial charge in [-0.2, -0.15) is 0 Å². The van der Waals surface area contributed by atoms with Gasteiger partial charge in [0, 0.05) is 5.75 Å². The molecule has 0 rings (SSSR count). The van der Waals surface area contributed by atoms with Crippen LogP contribution in [0.3, 0.4) is 0 Å². The molecule has 0 aromatic rings. The summed E-state index contributed by atoms with van der Waals surface area (Å²) in [6.45, 7) is 6.73. The van der Waals surface area contributed by atoms with Crippen LogP contribution >= 0.6 is 11.8 Å². The maximum Gasteiger partial charge on any atom is 0.306 e. The van der Waals surface area contributed by atoms with Gasteiger partial charge in [0.2, 0.25) is 0 Å². The second-order valence-corrected chi connectivity index (χ2v) is 9.58. The summed E-state index contributed by atoms with van der Waals surface area (Å²) in [4.78, 5) is 10.9. The Morgan fingerprint density at radius 2 is 1.81 bits per heavy atom. The van der Waals surface area contributed by atoms with E-state index in [0.717, 1.165) is 5.75 Å². The largest absolute Gasteiger partial charge is 0.469 e. The summed E-state index contributed by atoms with van der Waals surface area (Å²) in [5.41, 5.74) is 3.47. The van der Waals surface area contributed by atoms with Crippen LogP contribution in [0.5, 0.6) is 0 Å². The zero-order valence-corrected chi connectivity index (χ0v) is 12.6. The zero-order chi connectivity index (χ0) is 12.4. The molecule has 0 N–H and O–H groups in total. The molecule has 0 aliphatic rings. The van der Waals surface area contributed by atoms with Crippen LogP contribution in [0.4, 0.5) is 0 Å². The van der Waals surface area contributed by atoms with E-state index < -0.39 is 8.07 Å². The number of esters is 1. The number of carbonyl (C=O) groups is 1.